The Hall–Kier alpha value is -2.75. The second kappa shape index (κ2) is 6.94. The van der Waals surface area contributed by atoms with Crippen molar-refractivity contribution < 1.29 is 31.1 Å². The van der Waals surface area contributed by atoms with Crippen LogP contribution in [0.1, 0.15) is 18.0 Å². The third-order valence-electron chi connectivity index (χ3n) is 4.72. The number of ether oxygens (including phenoxy) is 2. The summed E-state index contributed by atoms with van der Waals surface area (Å²) in [6.45, 7) is 0.776. The average molecular weight is 426 g/mol. The monoisotopic (exact) mass is 426 g/mol. The van der Waals surface area contributed by atoms with Gasteiger partial charge in [-0.1, -0.05) is 6.07 Å². The molecule has 1 unspecified atom stereocenters. The van der Waals surface area contributed by atoms with Gasteiger partial charge < -0.3 is 9.47 Å². The second-order valence-corrected chi connectivity index (χ2v) is 8.79. The standard InChI is InChI=1S/C19H17F3N2O4S/c1-29(25,26)14-5-3-13(4-6-14)24-15(11-18(23-24)19(20,21)22)12-2-7-16-17(10-12)28-9-8-27-16/h2-7,10,15H,8-9,11H2,1H3. The van der Waals surface area contributed by atoms with Crippen LogP contribution in [0.4, 0.5) is 18.9 Å². The zero-order valence-electron chi connectivity index (χ0n) is 15.3. The normalized spacial score (nSPS) is 19.2. The number of benzene rings is 2. The first-order chi connectivity index (χ1) is 13.6. The molecule has 1 atom stereocenters. The SMILES string of the molecule is CS(=O)(=O)c1ccc(N2N=C(C(F)(F)F)CC2c2ccc3c(c2)OCCO3)cc1. The predicted molar refractivity (Wildman–Crippen MR) is 100 cm³/mol. The van der Waals surface area contributed by atoms with Crippen LogP contribution in [0.15, 0.2) is 52.5 Å². The van der Waals surface area contributed by atoms with Crippen molar-refractivity contribution in [2.75, 3.05) is 24.5 Å². The van der Waals surface area contributed by atoms with E-state index in [2.05, 4.69) is 5.10 Å². The van der Waals surface area contributed by atoms with Gasteiger partial charge in [-0.25, -0.2) is 8.42 Å². The number of hydrogen-bond acceptors (Lipinski definition) is 6. The highest BCUT2D eigenvalue weighted by molar-refractivity contribution is 7.90. The molecule has 0 N–H and O–H groups in total. The fourth-order valence-electron chi connectivity index (χ4n) is 3.29. The maximum absolute atomic E-state index is 13.4. The predicted octanol–water partition coefficient (Wildman–Crippen LogP) is 3.73. The van der Waals surface area contributed by atoms with E-state index in [4.69, 9.17) is 9.47 Å². The van der Waals surface area contributed by atoms with Gasteiger partial charge in [0.1, 0.15) is 18.9 Å². The lowest BCUT2D eigenvalue weighted by molar-refractivity contribution is -0.0600. The molecule has 2 aliphatic heterocycles. The Morgan fingerprint density at radius 2 is 1.69 bits per heavy atom. The summed E-state index contributed by atoms with van der Waals surface area (Å²) in [6.07, 6.45) is -3.83. The first-order valence-corrected chi connectivity index (χ1v) is 10.7. The molecular formula is C19H17F3N2O4S. The van der Waals surface area contributed by atoms with E-state index >= 15 is 0 Å². The van der Waals surface area contributed by atoms with Crippen LogP contribution in [0.5, 0.6) is 11.5 Å². The Bertz CT molecular complexity index is 1070. The Kier molecular flexibility index (Phi) is 4.68. The van der Waals surface area contributed by atoms with Gasteiger partial charge in [-0.15, -0.1) is 0 Å². The van der Waals surface area contributed by atoms with Gasteiger partial charge in [-0.05, 0) is 42.0 Å². The van der Waals surface area contributed by atoms with Gasteiger partial charge in [-0.2, -0.15) is 18.3 Å². The number of fused-ring (bicyclic) bond motifs is 1. The molecule has 0 amide bonds. The van der Waals surface area contributed by atoms with Crippen molar-refractivity contribution in [2.45, 2.75) is 23.5 Å². The summed E-state index contributed by atoms with van der Waals surface area (Å²) in [4.78, 5) is 0.0800. The lowest BCUT2D eigenvalue weighted by atomic mass is 10.0. The number of hydrogen-bond donors (Lipinski definition) is 0. The van der Waals surface area contributed by atoms with Crippen LogP contribution in [0.3, 0.4) is 0 Å². The zero-order valence-corrected chi connectivity index (χ0v) is 16.1. The molecule has 2 aromatic rings. The molecule has 154 valence electrons. The Labute approximate surface area is 165 Å². The maximum Gasteiger partial charge on any atom is 0.431 e. The molecule has 4 rings (SSSR count). The zero-order chi connectivity index (χ0) is 20.8. The van der Waals surface area contributed by atoms with E-state index in [9.17, 15) is 21.6 Å². The first kappa shape index (κ1) is 19.6. The number of rotatable bonds is 3. The van der Waals surface area contributed by atoms with Gasteiger partial charge in [0.15, 0.2) is 21.3 Å². The number of halogens is 3. The molecule has 0 aromatic heterocycles. The average Bonchev–Trinajstić information content (AvgIpc) is 3.13. The van der Waals surface area contributed by atoms with E-state index in [1.54, 1.807) is 18.2 Å². The fraction of sp³-hybridized carbons (Fsp3) is 0.316. The summed E-state index contributed by atoms with van der Waals surface area (Å²) in [5.74, 6) is 1.01. The summed E-state index contributed by atoms with van der Waals surface area (Å²) < 4.78 is 74.4. The highest BCUT2D eigenvalue weighted by atomic mass is 32.2. The van der Waals surface area contributed by atoms with Gasteiger partial charge in [0.2, 0.25) is 0 Å². The smallest absolute Gasteiger partial charge is 0.431 e. The molecule has 0 saturated carbocycles. The Balaban J connectivity index is 1.72. The van der Waals surface area contributed by atoms with E-state index in [1.807, 2.05) is 0 Å². The summed E-state index contributed by atoms with van der Waals surface area (Å²) in [5.41, 5.74) is 0.0468. The molecule has 0 bridgehead atoms. The summed E-state index contributed by atoms with van der Waals surface area (Å²) in [5, 5.41) is 5.06. The molecule has 10 heteroatoms. The number of hydrazone groups is 1. The van der Waals surface area contributed by atoms with Crippen LogP contribution >= 0.6 is 0 Å². The summed E-state index contributed by atoms with van der Waals surface area (Å²) in [6, 6.07) is 9.90. The Morgan fingerprint density at radius 1 is 1.03 bits per heavy atom. The molecule has 6 nitrogen and oxygen atoms in total. The van der Waals surface area contributed by atoms with Crippen molar-refractivity contribution >= 4 is 21.2 Å². The number of alkyl halides is 3. The molecule has 0 saturated heterocycles. The molecule has 29 heavy (non-hydrogen) atoms. The lowest BCUT2D eigenvalue weighted by Gasteiger charge is -2.26. The van der Waals surface area contributed by atoms with E-state index in [0.29, 0.717) is 36.0 Å². The van der Waals surface area contributed by atoms with Crippen LogP contribution < -0.4 is 14.5 Å². The third kappa shape index (κ3) is 3.89. The highest BCUT2D eigenvalue weighted by Gasteiger charge is 2.43. The van der Waals surface area contributed by atoms with Crippen molar-refractivity contribution in [3.8, 4) is 11.5 Å². The number of sulfone groups is 1. The minimum absolute atomic E-state index is 0.0800. The largest absolute Gasteiger partial charge is 0.486 e. The van der Waals surface area contributed by atoms with Crippen LogP contribution in [0.2, 0.25) is 0 Å². The molecule has 2 heterocycles. The minimum Gasteiger partial charge on any atom is -0.486 e. The second-order valence-electron chi connectivity index (χ2n) is 6.78. The van der Waals surface area contributed by atoms with E-state index < -0.39 is 27.8 Å². The third-order valence-corrected chi connectivity index (χ3v) is 5.85. The van der Waals surface area contributed by atoms with Gasteiger partial charge in [0.25, 0.3) is 0 Å². The number of nitrogens with zero attached hydrogens (tertiary/aromatic N) is 2. The topological polar surface area (TPSA) is 68.2 Å². The van der Waals surface area contributed by atoms with Gasteiger partial charge in [0.05, 0.1) is 16.6 Å². The molecular weight excluding hydrogens is 409 g/mol. The molecule has 0 fully saturated rings. The summed E-state index contributed by atoms with van der Waals surface area (Å²) in [7, 11) is -3.42. The lowest BCUT2D eigenvalue weighted by Crippen LogP contribution is -2.22. The van der Waals surface area contributed by atoms with Gasteiger partial charge >= 0.3 is 6.18 Å². The summed E-state index contributed by atoms with van der Waals surface area (Å²) >= 11 is 0. The Morgan fingerprint density at radius 3 is 2.31 bits per heavy atom. The fourth-order valence-corrected chi connectivity index (χ4v) is 3.92. The quantitative estimate of drug-likeness (QED) is 0.748. The molecule has 0 spiro atoms. The molecule has 2 aliphatic rings. The van der Waals surface area contributed by atoms with Crippen molar-refractivity contribution in [3.63, 3.8) is 0 Å². The minimum atomic E-state index is -4.56. The van der Waals surface area contributed by atoms with Crippen LogP contribution in [0, 0.1) is 0 Å². The van der Waals surface area contributed by atoms with Crippen molar-refractivity contribution in [1.82, 2.24) is 0 Å². The van der Waals surface area contributed by atoms with Crippen molar-refractivity contribution in [1.29, 1.82) is 0 Å². The number of anilines is 1. The highest BCUT2D eigenvalue weighted by Crippen LogP contribution is 2.42. The van der Waals surface area contributed by atoms with Crippen LogP contribution in [-0.4, -0.2) is 39.8 Å². The maximum atomic E-state index is 13.4. The molecule has 0 aliphatic carbocycles. The van der Waals surface area contributed by atoms with Crippen LogP contribution in [0.25, 0.3) is 0 Å². The first-order valence-electron chi connectivity index (χ1n) is 8.76. The van der Waals surface area contributed by atoms with Gasteiger partial charge in [-0.3, -0.25) is 5.01 Å². The van der Waals surface area contributed by atoms with Crippen LogP contribution in [-0.2, 0) is 9.84 Å². The molecule has 2 aromatic carbocycles. The van der Waals surface area contributed by atoms with Gasteiger partial charge in [0, 0.05) is 12.7 Å². The van der Waals surface area contributed by atoms with Crippen molar-refractivity contribution in [2.24, 2.45) is 5.10 Å². The van der Waals surface area contributed by atoms with Crippen molar-refractivity contribution in [3.05, 3.63) is 48.0 Å². The van der Waals surface area contributed by atoms with E-state index in [0.717, 1.165) is 6.26 Å². The molecule has 0 radical (unpaired) electrons. The van der Waals surface area contributed by atoms with E-state index in [1.165, 1.54) is 29.3 Å². The van der Waals surface area contributed by atoms with E-state index in [-0.39, 0.29) is 11.3 Å².